The number of aromatic nitrogens is 1. The molecular formula is C12H16BrN3O. The van der Waals surface area contributed by atoms with Crippen molar-refractivity contribution >= 4 is 21.8 Å². The molecule has 1 aliphatic rings. The Labute approximate surface area is 109 Å². The highest BCUT2D eigenvalue weighted by atomic mass is 79.9. The summed E-state index contributed by atoms with van der Waals surface area (Å²) in [5.41, 5.74) is 1.11. The van der Waals surface area contributed by atoms with Gasteiger partial charge in [0.1, 0.15) is 0 Å². The molecule has 5 heteroatoms. The minimum atomic E-state index is 0.146. The SMILES string of the molecule is O=C(CCNCc1cncc(Br)c1)NC1CC1. The molecule has 0 spiro atoms. The molecule has 0 bridgehead atoms. The Balaban J connectivity index is 1.60. The van der Waals surface area contributed by atoms with E-state index in [9.17, 15) is 4.79 Å². The van der Waals surface area contributed by atoms with Crippen molar-refractivity contribution in [2.45, 2.75) is 31.8 Å². The molecule has 1 aromatic rings. The van der Waals surface area contributed by atoms with Crippen LogP contribution in [0.5, 0.6) is 0 Å². The van der Waals surface area contributed by atoms with Crippen LogP contribution in [0, 0.1) is 0 Å². The van der Waals surface area contributed by atoms with Crippen LogP contribution in [0.25, 0.3) is 0 Å². The molecular weight excluding hydrogens is 282 g/mol. The normalized spacial score (nSPS) is 14.6. The Kier molecular flexibility index (Phi) is 4.50. The number of carbonyl (C=O) groups excluding carboxylic acids is 1. The first-order chi connectivity index (χ1) is 8.24. The van der Waals surface area contributed by atoms with Crippen molar-refractivity contribution in [3.05, 3.63) is 28.5 Å². The van der Waals surface area contributed by atoms with Gasteiger partial charge in [0.2, 0.25) is 5.91 Å². The van der Waals surface area contributed by atoms with Crippen LogP contribution >= 0.6 is 15.9 Å². The molecule has 0 saturated heterocycles. The van der Waals surface area contributed by atoms with Crippen molar-refractivity contribution in [3.8, 4) is 0 Å². The summed E-state index contributed by atoms with van der Waals surface area (Å²) in [7, 11) is 0. The summed E-state index contributed by atoms with van der Waals surface area (Å²) in [6, 6.07) is 2.47. The topological polar surface area (TPSA) is 54.0 Å². The van der Waals surface area contributed by atoms with Crippen LogP contribution in [-0.4, -0.2) is 23.5 Å². The van der Waals surface area contributed by atoms with Crippen LogP contribution in [0.15, 0.2) is 22.9 Å². The van der Waals surface area contributed by atoms with Crippen molar-refractivity contribution < 1.29 is 4.79 Å². The summed E-state index contributed by atoms with van der Waals surface area (Å²) in [6.45, 7) is 1.44. The molecule has 1 aliphatic carbocycles. The van der Waals surface area contributed by atoms with E-state index in [1.807, 2.05) is 12.3 Å². The first kappa shape index (κ1) is 12.5. The van der Waals surface area contributed by atoms with Crippen LogP contribution in [0.1, 0.15) is 24.8 Å². The quantitative estimate of drug-likeness (QED) is 0.784. The Morgan fingerprint density at radius 2 is 2.29 bits per heavy atom. The minimum absolute atomic E-state index is 0.146. The molecule has 0 aliphatic heterocycles. The van der Waals surface area contributed by atoms with Crippen LogP contribution < -0.4 is 10.6 Å². The standard InChI is InChI=1S/C12H16BrN3O/c13-10-5-9(7-15-8-10)6-14-4-3-12(17)16-11-1-2-11/h5,7-8,11,14H,1-4,6H2,(H,16,17). The van der Waals surface area contributed by atoms with Crippen LogP contribution in [-0.2, 0) is 11.3 Å². The van der Waals surface area contributed by atoms with Gasteiger partial charge >= 0.3 is 0 Å². The zero-order valence-corrected chi connectivity index (χ0v) is 11.2. The highest BCUT2D eigenvalue weighted by Gasteiger charge is 2.22. The summed E-state index contributed by atoms with van der Waals surface area (Å²) in [6.07, 6.45) is 6.40. The van der Waals surface area contributed by atoms with E-state index in [4.69, 9.17) is 0 Å². The highest BCUT2D eigenvalue weighted by molar-refractivity contribution is 9.10. The van der Waals surface area contributed by atoms with Crippen molar-refractivity contribution in [3.63, 3.8) is 0 Å². The van der Waals surface area contributed by atoms with E-state index in [0.29, 0.717) is 19.0 Å². The van der Waals surface area contributed by atoms with E-state index < -0.39 is 0 Å². The van der Waals surface area contributed by atoms with Crippen LogP contribution in [0.2, 0.25) is 0 Å². The molecule has 0 aromatic carbocycles. The number of halogens is 1. The first-order valence-electron chi connectivity index (χ1n) is 5.83. The highest BCUT2D eigenvalue weighted by Crippen LogP contribution is 2.18. The van der Waals surface area contributed by atoms with Gasteiger partial charge in [-0.25, -0.2) is 0 Å². The summed E-state index contributed by atoms with van der Waals surface area (Å²) in [5, 5.41) is 6.19. The fourth-order valence-electron chi connectivity index (χ4n) is 1.51. The second-order valence-corrected chi connectivity index (χ2v) is 5.20. The molecule has 1 heterocycles. The first-order valence-corrected chi connectivity index (χ1v) is 6.63. The lowest BCUT2D eigenvalue weighted by Crippen LogP contribution is -2.29. The molecule has 0 atom stereocenters. The van der Waals surface area contributed by atoms with Gasteiger partial charge in [0.15, 0.2) is 0 Å². The molecule has 92 valence electrons. The fourth-order valence-corrected chi connectivity index (χ4v) is 1.93. The maximum absolute atomic E-state index is 11.4. The fraction of sp³-hybridized carbons (Fsp3) is 0.500. The molecule has 1 aromatic heterocycles. The molecule has 1 fully saturated rings. The van der Waals surface area contributed by atoms with Gasteiger partial charge in [-0.1, -0.05) is 0 Å². The third-order valence-electron chi connectivity index (χ3n) is 2.56. The number of nitrogens with zero attached hydrogens (tertiary/aromatic N) is 1. The Bertz CT molecular complexity index is 393. The van der Waals surface area contributed by atoms with Gasteiger partial charge in [-0.05, 0) is 40.4 Å². The van der Waals surface area contributed by atoms with Gasteiger partial charge in [0.25, 0.3) is 0 Å². The van der Waals surface area contributed by atoms with E-state index in [1.165, 1.54) is 0 Å². The lowest BCUT2D eigenvalue weighted by Gasteiger charge is -2.05. The van der Waals surface area contributed by atoms with Crippen LogP contribution in [0.3, 0.4) is 0 Å². The Morgan fingerprint density at radius 3 is 3.00 bits per heavy atom. The lowest BCUT2D eigenvalue weighted by molar-refractivity contribution is -0.121. The van der Waals surface area contributed by atoms with Gasteiger partial charge in [0, 0.05) is 42.4 Å². The summed E-state index contributed by atoms with van der Waals surface area (Å²) in [4.78, 5) is 15.5. The van der Waals surface area contributed by atoms with Crippen molar-refractivity contribution in [1.82, 2.24) is 15.6 Å². The minimum Gasteiger partial charge on any atom is -0.353 e. The molecule has 1 saturated carbocycles. The number of hydrogen-bond acceptors (Lipinski definition) is 3. The number of rotatable bonds is 6. The van der Waals surface area contributed by atoms with E-state index in [0.717, 1.165) is 29.4 Å². The number of nitrogens with one attached hydrogen (secondary N) is 2. The van der Waals surface area contributed by atoms with Gasteiger partial charge < -0.3 is 10.6 Å². The summed E-state index contributed by atoms with van der Waals surface area (Å²) in [5.74, 6) is 0.146. The molecule has 0 unspecified atom stereocenters. The van der Waals surface area contributed by atoms with Gasteiger partial charge in [-0.15, -0.1) is 0 Å². The number of amides is 1. The largest absolute Gasteiger partial charge is 0.353 e. The molecule has 0 radical (unpaired) electrons. The second kappa shape index (κ2) is 6.12. The predicted molar refractivity (Wildman–Crippen MR) is 69.4 cm³/mol. The molecule has 17 heavy (non-hydrogen) atoms. The zero-order chi connectivity index (χ0) is 12.1. The average molecular weight is 298 g/mol. The van der Waals surface area contributed by atoms with E-state index in [1.54, 1.807) is 6.20 Å². The van der Waals surface area contributed by atoms with Gasteiger partial charge in [-0.2, -0.15) is 0 Å². The Hall–Kier alpha value is -0.940. The van der Waals surface area contributed by atoms with Crippen molar-refractivity contribution in [1.29, 1.82) is 0 Å². The van der Waals surface area contributed by atoms with Gasteiger partial charge in [-0.3, -0.25) is 9.78 Å². The monoisotopic (exact) mass is 297 g/mol. The maximum Gasteiger partial charge on any atom is 0.221 e. The van der Waals surface area contributed by atoms with Crippen molar-refractivity contribution in [2.24, 2.45) is 0 Å². The third kappa shape index (κ3) is 4.83. The third-order valence-corrected chi connectivity index (χ3v) is 3.00. The summed E-state index contributed by atoms with van der Waals surface area (Å²) >= 11 is 3.37. The van der Waals surface area contributed by atoms with Crippen LogP contribution in [0.4, 0.5) is 0 Å². The smallest absolute Gasteiger partial charge is 0.221 e. The predicted octanol–water partition coefficient (Wildman–Crippen LogP) is 1.60. The zero-order valence-electron chi connectivity index (χ0n) is 9.58. The number of pyridine rings is 1. The number of carbonyl (C=O) groups is 1. The molecule has 2 N–H and O–H groups in total. The molecule has 4 nitrogen and oxygen atoms in total. The van der Waals surface area contributed by atoms with Crippen molar-refractivity contribution in [2.75, 3.05) is 6.54 Å². The van der Waals surface area contributed by atoms with E-state index in [2.05, 4.69) is 31.5 Å². The van der Waals surface area contributed by atoms with Gasteiger partial charge in [0.05, 0.1) is 0 Å². The number of hydrogen-bond donors (Lipinski definition) is 2. The summed E-state index contributed by atoms with van der Waals surface area (Å²) < 4.78 is 0.975. The lowest BCUT2D eigenvalue weighted by atomic mass is 10.3. The molecule has 1 amide bonds. The Morgan fingerprint density at radius 1 is 1.47 bits per heavy atom. The van der Waals surface area contributed by atoms with E-state index in [-0.39, 0.29) is 5.91 Å². The maximum atomic E-state index is 11.4. The molecule has 2 rings (SSSR count). The second-order valence-electron chi connectivity index (χ2n) is 4.28. The van der Waals surface area contributed by atoms with E-state index >= 15 is 0 Å². The average Bonchev–Trinajstić information content (AvgIpc) is 3.08.